The highest BCUT2D eigenvalue weighted by molar-refractivity contribution is 6.34. The lowest BCUT2D eigenvalue weighted by molar-refractivity contribution is 0.1000. The van der Waals surface area contributed by atoms with Crippen LogP contribution in [0.4, 0.5) is 8.78 Å². The van der Waals surface area contributed by atoms with Crippen molar-refractivity contribution in [3.05, 3.63) is 87.7 Å². The van der Waals surface area contributed by atoms with Crippen molar-refractivity contribution < 1.29 is 23.0 Å². The molecule has 0 fully saturated rings. The lowest BCUT2D eigenvalue weighted by Gasteiger charge is -2.27. The molecule has 0 spiro atoms. The minimum absolute atomic E-state index is 0.0161. The number of hydrogen-bond acceptors (Lipinski definition) is 5. The molecule has 4 N–H and O–H groups in total. The Bertz CT molecular complexity index is 1610. The number of aryl methyl sites for hydroxylation is 1. The first-order chi connectivity index (χ1) is 17.7. The van der Waals surface area contributed by atoms with E-state index in [9.17, 15) is 4.79 Å². The molecule has 6 rings (SSSR count). The van der Waals surface area contributed by atoms with Gasteiger partial charge in [-0.25, -0.2) is 8.78 Å². The molecule has 0 saturated heterocycles. The van der Waals surface area contributed by atoms with Crippen LogP contribution in [0.15, 0.2) is 48.7 Å². The summed E-state index contributed by atoms with van der Waals surface area (Å²) in [5, 5.41) is 3.96. The fourth-order valence-electron chi connectivity index (χ4n) is 5.25. The van der Waals surface area contributed by atoms with E-state index in [1.54, 1.807) is 17.9 Å². The zero-order valence-corrected chi connectivity index (χ0v) is 20.4. The van der Waals surface area contributed by atoms with Crippen molar-refractivity contribution in [3.8, 4) is 33.8 Å². The highest BCUT2D eigenvalue weighted by Gasteiger charge is 2.43. The molecular formula is C27H21ClF2N4O3. The van der Waals surface area contributed by atoms with Crippen molar-refractivity contribution in [2.45, 2.75) is 18.6 Å². The van der Waals surface area contributed by atoms with Gasteiger partial charge in [0.05, 0.1) is 10.6 Å². The Labute approximate surface area is 215 Å². The molecule has 3 aromatic carbocycles. The van der Waals surface area contributed by atoms with Crippen LogP contribution < -0.4 is 20.9 Å². The van der Waals surface area contributed by atoms with Crippen molar-refractivity contribution in [1.82, 2.24) is 9.78 Å². The SMILES string of the molecule is Cn1cc2c(n1)COc1c-2cc(C(N)=O)c(-c2c(Cl)c(F)cc3c2C[C@@](CN)(c2ccccc2)O3)c1F. The Morgan fingerprint density at radius 2 is 1.95 bits per heavy atom. The predicted octanol–water partition coefficient (Wildman–Crippen LogP) is 4.47. The number of amides is 1. The number of nitrogens with zero attached hydrogens (tertiary/aromatic N) is 2. The molecular weight excluding hydrogens is 502 g/mol. The van der Waals surface area contributed by atoms with Crippen molar-refractivity contribution >= 4 is 17.5 Å². The second-order valence-electron chi connectivity index (χ2n) is 9.17. The van der Waals surface area contributed by atoms with Crippen LogP contribution in [0.3, 0.4) is 0 Å². The van der Waals surface area contributed by atoms with Gasteiger partial charge in [-0.3, -0.25) is 9.48 Å². The van der Waals surface area contributed by atoms with Crippen LogP contribution in [0.25, 0.3) is 22.3 Å². The maximum absolute atomic E-state index is 16.3. The molecule has 0 bridgehead atoms. The van der Waals surface area contributed by atoms with E-state index < -0.39 is 23.1 Å². The van der Waals surface area contributed by atoms with Crippen LogP contribution in [0.1, 0.15) is 27.2 Å². The van der Waals surface area contributed by atoms with Gasteiger partial charge in [-0.05, 0) is 11.6 Å². The highest BCUT2D eigenvalue weighted by atomic mass is 35.5. The number of benzene rings is 3. The van der Waals surface area contributed by atoms with E-state index in [1.807, 2.05) is 30.3 Å². The summed E-state index contributed by atoms with van der Waals surface area (Å²) in [4.78, 5) is 12.7. The molecule has 37 heavy (non-hydrogen) atoms. The van der Waals surface area contributed by atoms with Crippen LogP contribution >= 0.6 is 11.6 Å². The number of carbonyl (C=O) groups excluding carboxylic acids is 1. The van der Waals surface area contributed by atoms with Crippen LogP contribution in [0.5, 0.6) is 11.5 Å². The van der Waals surface area contributed by atoms with E-state index in [-0.39, 0.29) is 52.8 Å². The van der Waals surface area contributed by atoms with Gasteiger partial charge < -0.3 is 20.9 Å². The number of fused-ring (bicyclic) bond motifs is 4. The van der Waals surface area contributed by atoms with Gasteiger partial charge >= 0.3 is 0 Å². The first kappa shape index (κ1) is 23.4. The topological polar surface area (TPSA) is 105 Å². The normalized spacial score (nSPS) is 17.4. The number of nitrogens with two attached hydrogens (primary N) is 2. The summed E-state index contributed by atoms with van der Waals surface area (Å²) in [5.74, 6) is -2.55. The maximum atomic E-state index is 16.3. The van der Waals surface area contributed by atoms with E-state index in [0.717, 1.165) is 11.6 Å². The zero-order chi connectivity index (χ0) is 26.1. The molecule has 10 heteroatoms. The van der Waals surface area contributed by atoms with Crippen molar-refractivity contribution in [1.29, 1.82) is 0 Å². The summed E-state index contributed by atoms with van der Waals surface area (Å²) in [6.45, 7) is 0.0878. The lowest BCUT2D eigenvalue weighted by atomic mass is 9.84. The number of hydrogen-bond donors (Lipinski definition) is 2. The van der Waals surface area contributed by atoms with Crippen LogP contribution in [-0.4, -0.2) is 22.2 Å². The van der Waals surface area contributed by atoms with Gasteiger partial charge in [0.25, 0.3) is 0 Å². The smallest absolute Gasteiger partial charge is 0.249 e. The molecule has 1 amide bonds. The van der Waals surface area contributed by atoms with Crippen molar-refractivity contribution in [2.75, 3.05) is 6.54 Å². The van der Waals surface area contributed by atoms with Gasteiger partial charge in [0, 0.05) is 60.1 Å². The van der Waals surface area contributed by atoms with E-state index >= 15 is 8.78 Å². The molecule has 2 aliphatic heterocycles. The summed E-state index contributed by atoms with van der Waals surface area (Å²) < 4.78 is 45.0. The van der Waals surface area contributed by atoms with E-state index in [1.165, 1.54) is 6.07 Å². The molecule has 7 nitrogen and oxygen atoms in total. The Morgan fingerprint density at radius 1 is 1.19 bits per heavy atom. The molecule has 1 atom stereocenters. The maximum Gasteiger partial charge on any atom is 0.249 e. The average Bonchev–Trinajstić information content (AvgIpc) is 3.46. The fraction of sp³-hybridized carbons (Fsp3) is 0.185. The lowest BCUT2D eigenvalue weighted by Crippen LogP contribution is -2.39. The minimum atomic E-state index is -1.03. The van der Waals surface area contributed by atoms with Crippen LogP contribution in [-0.2, 0) is 25.7 Å². The molecule has 3 heterocycles. The third kappa shape index (κ3) is 3.42. The summed E-state index contributed by atoms with van der Waals surface area (Å²) in [7, 11) is 1.73. The second kappa shape index (κ2) is 8.29. The highest BCUT2D eigenvalue weighted by Crippen LogP contribution is 2.52. The standard InChI is InChI=1S/C27H21ClF2N4O3/c1-34-10-17-14-7-15(26(32)35)22(24(30)25(14)36-11-19(17)33-34)21-16-9-27(12-31,13-5-3-2-4-6-13)37-20(16)8-18(29)23(21)28/h2-8,10H,9,11-12,31H2,1H3,(H2,32,35)/t27-/m1/s1. The van der Waals surface area contributed by atoms with Crippen molar-refractivity contribution in [3.63, 3.8) is 0 Å². The molecule has 0 aliphatic carbocycles. The Balaban J connectivity index is 1.62. The summed E-state index contributed by atoms with van der Waals surface area (Å²) >= 11 is 6.48. The van der Waals surface area contributed by atoms with Crippen molar-refractivity contribution in [2.24, 2.45) is 18.5 Å². The zero-order valence-electron chi connectivity index (χ0n) is 19.6. The molecule has 2 aliphatic rings. The Morgan fingerprint density at radius 3 is 2.65 bits per heavy atom. The van der Waals surface area contributed by atoms with Crippen LogP contribution in [0, 0.1) is 11.6 Å². The van der Waals surface area contributed by atoms with E-state index in [4.69, 9.17) is 32.5 Å². The number of primary amides is 1. The summed E-state index contributed by atoms with van der Waals surface area (Å²) in [5.41, 5.74) is 13.1. The first-order valence-electron chi connectivity index (χ1n) is 11.5. The summed E-state index contributed by atoms with van der Waals surface area (Å²) in [6, 6.07) is 11.8. The van der Waals surface area contributed by atoms with Gasteiger partial charge in [0.15, 0.2) is 17.2 Å². The monoisotopic (exact) mass is 522 g/mol. The third-order valence-electron chi connectivity index (χ3n) is 6.97. The van der Waals surface area contributed by atoms with Gasteiger partial charge in [-0.15, -0.1) is 0 Å². The number of halogens is 3. The van der Waals surface area contributed by atoms with E-state index in [2.05, 4.69) is 5.10 Å². The Hall–Kier alpha value is -3.95. The number of carbonyl (C=O) groups is 1. The van der Waals surface area contributed by atoms with Gasteiger partial charge in [-0.1, -0.05) is 41.9 Å². The molecule has 1 aromatic heterocycles. The molecule has 0 unspecified atom stereocenters. The number of rotatable bonds is 4. The average molecular weight is 523 g/mol. The molecule has 4 aromatic rings. The van der Waals surface area contributed by atoms with Gasteiger partial charge in [-0.2, -0.15) is 5.10 Å². The van der Waals surface area contributed by atoms with E-state index in [0.29, 0.717) is 22.4 Å². The third-order valence-corrected chi connectivity index (χ3v) is 7.34. The first-order valence-corrected chi connectivity index (χ1v) is 11.9. The van der Waals surface area contributed by atoms with Crippen LogP contribution in [0.2, 0.25) is 5.02 Å². The quantitative estimate of drug-likeness (QED) is 0.411. The van der Waals surface area contributed by atoms with Gasteiger partial charge in [0.2, 0.25) is 5.91 Å². The Kier molecular flexibility index (Phi) is 5.25. The molecule has 0 radical (unpaired) electrons. The van der Waals surface area contributed by atoms with Gasteiger partial charge in [0.1, 0.15) is 23.9 Å². The summed E-state index contributed by atoms with van der Waals surface area (Å²) in [6.07, 6.45) is 1.87. The predicted molar refractivity (Wildman–Crippen MR) is 133 cm³/mol. The minimum Gasteiger partial charge on any atom is -0.483 e. The number of aromatic nitrogens is 2. The molecule has 188 valence electrons. The second-order valence-corrected chi connectivity index (χ2v) is 9.55. The fourth-order valence-corrected chi connectivity index (χ4v) is 5.52. The number of ether oxygens (including phenoxy) is 2. The largest absolute Gasteiger partial charge is 0.483 e. The molecule has 0 saturated carbocycles.